The van der Waals surface area contributed by atoms with Gasteiger partial charge in [0.1, 0.15) is 11.9 Å². The second-order valence-corrected chi connectivity index (χ2v) is 9.24. The Labute approximate surface area is 203 Å². The number of nitrogens with zero attached hydrogens (tertiary/aromatic N) is 2. The normalized spacial score (nSPS) is 13.6. The molecule has 0 radical (unpaired) electrons. The van der Waals surface area contributed by atoms with E-state index in [1.165, 1.54) is 32.5 Å². The summed E-state index contributed by atoms with van der Waals surface area (Å²) in [6, 6.07) is 38.5. The summed E-state index contributed by atoms with van der Waals surface area (Å²) in [5.74, 6) is 0.911. The second kappa shape index (κ2) is 7.85. The predicted octanol–water partition coefficient (Wildman–Crippen LogP) is 7.99. The Bertz CT molecular complexity index is 1790. The molecule has 6 aromatic carbocycles. The van der Waals surface area contributed by atoms with Crippen molar-refractivity contribution in [1.82, 2.24) is 9.55 Å². The quantitative estimate of drug-likeness (QED) is 0.247. The van der Waals surface area contributed by atoms with E-state index in [0.29, 0.717) is 0 Å². The third kappa shape index (κ3) is 3.16. The van der Waals surface area contributed by atoms with Gasteiger partial charge in [-0.3, -0.25) is 0 Å². The van der Waals surface area contributed by atoms with Crippen molar-refractivity contribution in [3.8, 4) is 5.75 Å². The van der Waals surface area contributed by atoms with Crippen LogP contribution in [0.15, 0.2) is 116 Å². The number of para-hydroxylation sites is 2. The van der Waals surface area contributed by atoms with E-state index in [2.05, 4.69) is 120 Å². The van der Waals surface area contributed by atoms with Crippen LogP contribution in [0.5, 0.6) is 5.75 Å². The molecule has 1 heterocycles. The summed E-state index contributed by atoms with van der Waals surface area (Å²) < 4.78 is 9.05. The minimum Gasteiger partial charge on any atom is -0.488 e. The SMILES string of the molecule is CC(Oc1ccc2ccc3cccc4ccc1c2c34)C(c1ccccc1)n1cnc2ccccc21. The average Bonchev–Trinajstić information content (AvgIpc) is 3.33. The van der Waals surface area contributed by atoms with Gasteiger partial charge in [-0.2, -0.15) is 0 Å². The first-order chi connectivity index (χ1) is 17.3. The summed E-state index contributed by atoms with van der Waals surface area (Å²) in [7, 11) is 0. The van der Waals surface area contributed by atoms with Crippen LogP contribution >= 0.6 is 0 Å². The number of rotatable bonds is 5. The molecule has 0 aliphatic heterocycles. The maximum absolute atomic E-state index is 6.81. The van der Waals surface area contributed by atoms with Gasteiger partial charge in [0.05, 0.1) is 23.4 Å². The van der Waals surface area contributed by atoms with Crippen LogP contribution in [0.2, 0.25) is 0 Å². The van der Waals surface area contributed by atoms with Crippen LogP contribution in [0.3, 0.4) is 0 Å². The highest BCUT2D eigenvalue weighted by molar-refractivity contribution is 6.24. The lowest BCUT2D eigenvalue weighted by molar-refractivity contribution is 0.178. The van der Waals surface area contributed by atoms with Crippen molar-refractivity contribution in [2.24, 2.45) is 0 Å². The van der Waals surface area contributed by atoms with E-state index in [1.54, 1.807) is 0 Å². The van der Waals surface area contributed by atoms with Gasteiger partial charge in [-0.25, -0.2) is 4.98 Å². The number of imidazole rings is 1. The van der Waals surface area contributed by atoms with Crippen LogP contribution in [0.25, 0.3) is 43.4 Å². The Morgan fingerprint density at radius 1 is 0.657 bits per heavy atom. The first-order valence-corrected chi connectivity index (χ1v) is 12.1. The summed E-state index contributed by atoms with van der Waals surface area (Å²) in [5, 5.41) is 7.50. The van der Waals surface area contributed by atoms with E-state index in [0.717, 1.165) is 22.2 Å². The molecule has 168 valence electrons. The topological polar surface area (TPSA) is 27.1 Å². The van der Waals surface area contributed by atoms with E-state index < -0.39 is 0 Å². The van der Waals surface area contributed by atoms with Crippen molar-refractivity contribution >= 4 is 43.4 Å². The Morgan fingerprint density at radius 2 is 1.34 bits per heavy atom. The van der Waals surface area contributed by atoms with Crippen LogP contribution in [0.1, 0.15) is 18.5 Å². The largest absolute Gasteiger partial charge is 0.488 e. The first-order valence-electron chi connectivity index (χ1n) is 12.1. The highest BCUT2D eigenvalue weighted by Crippen LogP contribution is 2.40. The van der Waals surface area contributed by atoms with Crippen molar-refractivity contribution in [3.05, 3.63) is 121 Å². The molecule has 35 heavy (non-hydrogen) atoms. The standard InChI is InChI=1S/C32H24N2O/c1-21(32(25-8-3-2-4-9-25)34-20-33-27-12-5-6-13-28(27)34)35-29-19-17-24-15-14-22-10-7-11-23-16-18-26(29)31(24)30(22)23/h2-21,32H,1H3. The van der Waals surface area contributed by atoms with Gasteiger partial charge in [-0.05, 0) is 58.3 Å². The van der Waals surface area contributed by atoms with Crippen LogP contribution < -0.4 is 4.74 Å². The zero-order chi connectivity index (χ0) is 23.4. The van der Waals surface area contributed by atoms with E-state index in [4.69, 9.17) is 4.74 Å². The van der Waals surface area contributed by atoms with Gasteiger partial charge < -0.3 is 9.30 Å². The van der Waals surface area contributed by atoms with Crippen molar-refractivity contribution < 1.29 is 4.74 Å². The molecule has 2 unspecified atom stereocenters. The zero-order valence-corrected chi connectivity index (χ0v) is 19.4. The monoisotopic (exact) mass is 452 g/mol. The fourth-order valence-corrected chi connectivity index (χ4v) is 5.58. The predicted molar refractivity (Wildman–Crippen MR) is 145 cm³/mol. The molecule has 7 aromatic rings. The lowest BCUT2D eigenvalue weighted by atomic mass is 9.94. The summed E-state index contributed by atoms with van der Waals surface area (Å²) in [5.41, 5.74) is 3.29. The summed E-state index contributed by atoms with van der Waals surface area (Å²) >= 11 is 0. The highest BCUT2D eigenvalue weighted by atomic mass is 16.5. The van der Waals surface area contributed by atoms with Crippen LogP contribution in [0.4, 0.5) is 0 Å². The van der Waals surface area contributed by atoms with Gasteiger partial charge in [0.15, 0.2) is 0 Å². The molecule has 3 nitrogen and oxygen atoms in total. The third-order valence-corrected chi connectivity index (χ3v) is 7.17. The minimum atomic E-state index is -0.131. The molecule has 0 amide bonds. The molecule has 0 fully saturated rings. The fourth-order valence-electron chi connectivity index (χ4n) is 5.58. The fraction of sp³-hybridized carbons (Fsp3) is 0.0938. The lowest BCUT2D eigenvalue weighted by Crippen LogP contribution is -2.27. The van der Waals surface area contributed by atoms with Gasteiger partial charge in [-0.15, -0.1) is 0 Å². The summed E-state index contributed by atoms with van der Waals surface area (Å²) in [6.07, 6.45) is 1.81. The first kappa shape index (κ1) is 20.0. The number of aromatic nitrogens is 2. The van der Waals surface area contributed by atoms with E-state index >= 15 is 0 Å². The van der Waals surface area contributed by atoms with Crippen molar-refractivity contribution in [2.45, 2.75) is 19.1 Å². The molecule has 0 aliphatic rings. The number of ether oxygens (including phenoxy) is 1. The molecule has 0 saturated heterocycles. The van der Waals surface area contributed by atoms with Gasteiger partial charge in [0.25, 0.3) is 0 Å². The molecule has 0 aliphatic carbocycles. The van der Waals surface area contributed by atoms with Gasteiger partial charge in [0, 0.05) is 10.8 Å². The van der Waals surface area contributed by atoms with E-state index in [1.807, 2.05) is 12.4 Å². The summed E-state index contributed by atoms with van der Waals surface area (Å²) in [4.78, 5) is 4.67. The molecule has 0 bridgehead atoms. The Morgan fingerprint density at radius 3 is 2.17 bits per heavy atom. The number of hydrogen-bond acceptors (Lipinski definition) is 2. The Kier molecular flexibility index (Phi) is 4.49. The van der Waals surface area contributed by atoms with Gasteiger partial charge >= 0.3 is 0 Å². The molecule has 1 aromatic heterocycles. The number of benzene rings is 6. The van der Waals surface area contributed by atoms with Crippen LogP contribution in [-0.2, 0) is 0 Å². The average molecular weight is 453 g/mol. The molecule has 0 saturated carbocycles. The van der Waals surface area contributed by atoms with Crippen molar-refractivity contribution in [1.29, 1.82) is 0 Å². The lowest BCUT2D eigenvalue weighted by Gasteiger charge is -2.28. The minimum absolute atomic E-state index is 0.0258. The van der Waals surface area contributed by atoms with E-state index in [-0.39, 0.29) is 12.1 Å². The molecule has 0 spiro atoms. The maximum Gasteiger partial charge on any atom is 0.127 e. The Hall–Kier alpha value is -4.37. The summed E-state index contributed by atoms with van der Waals surface area (Å²) in [6.45, 7) is 2.16. The highest BCUT2D eigenvalue weighted by Gasteiger charge is 2.25. The van der Waals surface area contributed by atoms with E-state index in [9.17, 15) is 0 Å². The second-order valence-electron chi connectivity index (χ2n) is 9.24. The molecule has 0 N–H and O–H groups in total. The molecule has 2 atom stereocenters. The number of fused-ring (bicyclic) bond motifs is 1. The Balaban J connectivity index is 1.37. The molecular weight excluding hydrogens is 428 g/mol. The molecule has 7 rings (SSSR count). The third-order valence-electron chi connectivity index (χ3n) is 7.17. The zero-order valence-electron chi connectivity index (χ0n) is 19.4. The van der Waals surface area contributed by atoms with Crippen molar-refractivity contribution in [2.75, 3.05) is 0 Å². The number of hydrogen-bond donors (Lipinski definition) is 0. The van der Waals surface area contributed by atoms with Gasteiger partial charge in [0.2, 0.25) is 0 Å². The smallest absolute Gasteiger partial charge is 0.127 e. The maximum atomic E-state index is 6.81. The van der Waals surface area contributed by atoms with Gasteiger partial charge in [-0.1, -0.05) is 84.9 Å². The molecular formula is C32H24N2O. The molecule has 3 heteroatoms. The van der Waals surface area contributed by atoms with Crippen LogP contribution in [0, 0.1) is 0 Å². The van der Waals surface area contributed by atoms with Crippen molar-refractivity contribution in [3.63, 3.8) is 0 Å². The van der Waals surface area contributed by atoms with Crippen LogP contribution in [-0.4, -0.2) is 15.7 Å².